The second-order valence-corrected chi connectivity index (χ2v) is 6.02. The maximum absolute atomic E-state index is 12.5. The zero-order valence-electron chi connectivity index (χ0n) is 13.5. The van der Waals surface area contributed by atoms with E-state index in [0.717, 1.165) is 0 Å². The van der Waals surface area contributed by atoms with Gasteiger partial charge in [-0.1, -0.05) is 0 Å². The summed E-state index contributed by atoms with van der Waals surface area (Å²) in [5.41, 5.74) is -0.0488. The number of amides is 1. The van der Waals surface area contributed by atoms with Crippen LogP contribution in [-0.2, 0) is 11.8 Å². The molecule has 7 heteroatoms. The number of anilines is 2. The molecular formula is C16H19N3O4. The van der Waals surface area contributed by atoms with Gasteiger partial charge in [-0.15, -0.1) is 0 Å². The Labute approximate surface area is 134 Å². The SMILES string of the molecule is Cn1ccc(N(C(=O)OC(C)(C)C)c2ccc(C(=O)O)cc2)n1. The highest BCUT2D eigenvalue weighted by atomic mass is 16.6. The Kier molecular flexibility index (Phi) is 4.40. The van der Waals surface area contributed by atoms with Crippen molar-refractivity contribution in [3.63, 3.8) is 0 Å². The number of aromatic nitrogens is 2. The molecule has 1 amide bonds. The van der Waals surface area contributed by atoms with Crippen molar-refractivity contribution in [1.29, 1.82) is 0 Å². The second kappa shape index (κ2) is 6.12. The van der Waals surface area contributed by atoms with Crippen molar-refractivity contribution in [2.24, 2.45) is 7.05 Å². The van der Waals surface area contributed by atoms with Gasteiger partial charge in [0, 0.05) is 19.3 Å². The van der Waals surface area contributed by atoms with Crippen molar-refractivity contribution >= 4 is 23.6 Å². The van der Waals surface area contributed by atoms with Crippen LogP contribution in [-0.4, -0.2) is 32.6 Å². The predicted molar refractivity (Wildman–Crippen MR) is 85.0 cm³/mol. The van der Waals surface area contributed by atoms with Gasteiger partial charge in [-0.3, -0.25) is 4.68 Å². The Morgan fingerprint density at radius 2 is 1.78 bits per heavy atom. The van der Waals surface area contributed by atoms with Crippen molar-refractivity contribution in [3.05, 3.63) is 42.1 Å². The molecule has 0 radical (unpaired) electrons. The number of hydrogen-bond donors (Lipinski definition) is 1. The minimum Gasteiger partial charge on any atom is -0.478 e. The van der Waals surface area contributed by atoms with Crippen molar-refractivity contribution in [3.8, 4) is 0 Å². The van der Waals surface area contributed by atoms with Gasteiger partial charge in [-0.2, -0.15) is 5.10 Å². The quantitative estimate of drug-likeness (QED) is 0.939. The molecule has 0 saturated heterocycles. The lowest BCUT2D eigenvalue weighted by atomic mass is 10.2. The van der Waals surface area contributed by atoms with Gasteiger partial charge >= 0.3 is 12.1 Å². The number of carboxylic acid groups (broad SMARTS) is 1. The molecule has 1 heterocycles. The Morgan fingerprint density at radius 1 is 1.17 bits per heavy atom. The van der Waals surface area contributed by atoms with Crippen LogP contribution in [0.1, 0.15) is 31.1 Å². The molecule has 2 aromatic rings. The molecule has 23 heavy (non-hydrogen) atoms. The highest BCUT2D eigenvalue weighted by molar-refractivity contribution is 5.96. The van der Waals surface area contributed by atoms with E-state index in [4.69, 9.17) is 9.84 Å². The second-order valence-electron chi connectivity index (χ2n) is 6.02. The number of nitrogens with zero attached hydrogens (tertiary/aromatic N) is 3. The lowest BCUT2D eigenvalue weighted by Crippen LogP contribution is -2.34. The molecule has 0 atom stereocenters. The Balaban J connectivity index is 2.41. The first kappa shape index (κ1) is 16.5. The van der Waals surface area contributed by atoms with Crippen LogP contribution < -0.4 is 4.90 Å². The summed E-state index contributed by atoms with van der Waals surface area (Å²) < 4.78 is 6.98. The van der Waals surface area contributed by atoms with Crippen LogP contribution in [0.25, 0.3) is 0 Å². The molecule has 1 aromatic heterocycles. The number of aromatic carboxylic acids is 1. The maximum atomic E-state index is 12.5. The first-order chi connectivity index (χ1) is 10.7. The monoisotopic (exact) mass is 317 g/mol. The zero-order valence-corrected chi connectivity index (χ0v) is 13.5. The standard InChI is InChI=1S/C16H19N3O4/c1-16(2,3)23-15(22)19(13-9-10-18(4)17-13)12-7-5-11(6-8-12)14(20)21/h5-10H,1-4H3,(H,20,21). The van der Waals surface area contributed by atoms with Crippen LogP contribution in [0.4, 0.5) is 16.3 Å². The Morgan fingerprint density at radius 3 is 2.22 bits per heavy atom. The third-order valence-electron chi connectivity index (χ3n) is 2.88. The summed E-state index contributed by atoms with van der Waals surface area (Å²) in [6.07, 6.45) is 1.12. The number of carbonyl (C=O) groups is 2. The van der Waals surface area contributed by atoms with Crippen LogP contribution in [0.5, 0.6) is 0 Å². The number of carbonyl (C=O) groups excluding carboxylic acids is 1. The molecule has 0 bridgehead atoms. The van der Waals surface area contributed by atoms with Gasteiger partial charge in [0.25, 0.3) is 0 Å². The minimum atomic E-state index is -1.03. The van der Waals surface area contributed by atoms with E-state index in [0.29, 0.717) is 11.5 Å². The van der Waals surface area contributed by atoms with Crippen LogP contribution in [0.3, 0.4) is 0 Å². The molecule has 122 valence electrons. The molecular weight excluding hydrogens is 298 g/mol. The van der Waals surface area contributed by atoms with Crippen LogP contribution in [0.2, 0.25) is 0 Å². The highest BCUT2D eigenvalue weighted by Crippen LogP contribution is 2.26. The van der Waals surface area contributed by atoms with Crippen LogP contribution >= 0.6 is 0 Å². The summed E-state index contributed by atoms with van der Waals surface area (Å²) >= 11 is 0. The van der Waals surface area contributed by atoms with Gasteiger partial charge in [0.1, 0.15) is 5.60 Å². The summed E-state index contributed by atoms with van der Waals surface area (Å²) in [7, 11) is 1.74. The normalized spacial score (nSPS) is 11.1. The number of ether oxygens (including phenoxy) is 1. The zero-order chi connectivity index (χ0) is 17.2. The molecule has 0 aliphatic rings. The third kappa shape index (κ3) is 4.09. The van der Waals surface area contributed by atoms with Gasteiger partial charge in [0.2, 0.25) is 0 Å². The van der Waals surface area contributed by atoms with E-state index in [1.165, 1.54) is 17.0 Å². The largest absolute Gasteiger partial charge is 0.478 e. The topological polar surface area (TPSA) is 84.7 Å². The van der Waals surface area contributed by atoms with E-state index in [-0.39, 0.29) is 5.56 Å². The van der Waals surface area contributed by atoms with E-state index in [9.17, 15) is 9.59 Å². The number of rotatable bonds is 3. The molecule has 0 saturated carbocycles. The lowest BCUT2D eigenvalue weighted by molar-refractivity contribution is 0.0597. The van der Waals surface area contributed by atoms with Crippen LogP contribution in [0, 0.1) is 0 Å². The predicted octanol–water partition coefficient (Wildman–Crippen LogP) is 3.19. The third-order valence-corrected chi connectivity index (χ3v) is 2.88. The van der Waals surface area contributed by atoms with Gasteiger partial charge in [-0.05, 0) is 45.0 Å². The highest BCUT2D eigenvalue weighted by Gasteiger charge is 2.26. The molecule has 0 aliphatic carbocycles. The fourth-order valence-electron chi connectivity index (χ4n) is 1.91. The fourth-order valence-corrected chi connectivity index (χ4v) is 1.91. The minimum absolute atomic E-state index is 0.138. The van der Waals surface area contributed by atoms with E-state index in [1.54, 1.807) is 56.9 Å². The number of hydrogen-bond acceptors (Lipinski definition) is 4. The molecule has 1 aromatic carbocycles. The number of aryl methyl sites for hydroxylation is 1. The number of carboxylic acids is 1. The first-order valence-electron chi connectivity index (χ1n) is 7.03. The molecule has 7 nitrogen and oxygen atoms in total. The molecule has 2 rings (SSSR count). The summed E-state index contributed by atoms with van der Waals surface area (Å²) in [5.74, 6) is -0.636. The first-order valence-corrected chi connectivity index (χ1v) is 7.03. The molecule has 0 aliphatic heterocycles. The van der Waals surface area contributed by atoms with E-state index >= 15 is 0 Å². The summed E-state index contributed by atoms with van der Waals surface area (Å²) in [6, 6.07) is 7.62. The Bertz CT molecular complexity index is 714. The van der Waals surface area contributed by atoms with Crippen molar-refractivity contribution < 1.29 is 19.4 Å². The smallest absolute Gasteiger partial charge is 0.420 e. The summed E-state index contributed by atoms with van der Waals surface area (Å²) in [5, 5.41) is 13.2. The Hall–Kier alpha value is -2.83. The average Bonchev–Trinajstić information content (AvgIpc) is 2.84. The van der Waals surface area contributed by atoms with Gasteiger partial charge in [0.05, 0.1) is 11.3 Å². The van der Waals surface area contributed by atoms with Crippen molar-refractivity contribution in [2.75, 3.05) is 4.90 Å². The van der Waals surface area contributed by atoms with Gasteiger partial charge in [-0.25, -0.2) is 14.5 Å². The lowest BCUT2D eigenvalue weighted by Gasteiger charge is -2.26. The van der Waals surface area contributed by atoms with Crippen LogP contribution in [0.15, 0.2) is 36.5 Å². The van der Waals surface area contributed by atoms with E-state index in [1.807, 2.05) is 0 Å². The maximum Gasteiger partial charge on any atom is 0.420 e. The summed E-state index contributed by atoms with van der Waals surface area (Å²) in [4.78, 5) is 24.8. The fraction of sp³-hybridized carbons (Fsp3) is 0.312. The van der Waals surface area contributed by atoms with E-state index < -0.39 is 17.7 Å². The van der Waals surface area contributed by atoms with Gasteiger partial charge < -0.3 is 9.84 Å². The molecule has 0 unspecified atom stereocenters. The van der Waals surface area contributed by atoms with E-state index in [2.05, 4.69) is 5.10 Å². The average molecular weight is 317 g/mol. The summed E-state index contributed by atoms with van der Waals surface area (Å²) in [6.45, 7) is 5.32. The molecule has 0 spiro atoms. The molecule has 0 fully saturated rings. The molecule has 1 N–H and O–H groups in total. The van der Waals surface area contributed by atoms with Gasteiger partial charge in [0.15, 0.2) is 5.82 Å². The number of benzene rings is 1. The van der Waals surface area contributed by atoms with Crippen molar-refractivity contribution in [1.82, 2.24) is 9.78 Å². The van der Waals surface area contributed by atoms with Crippen molar-refractivity contribution in [2.45, 2.75) is 26.4 Å².